The fourth-order valence-corrected chi connectivity index (χ4v) is 5.62. The highest BCUT2D eigenvalue weighted by Gasteiger charge is 2.41. The maximum absolute atomic E-state index is 13.4. The van der Waals surface area contributed by atoms with Crippen LogP contribution in [0, 0.1) is 0 Å². The summed E-state index contributed by atoms with van der Waals surface area (Å²) in [4.78, 5) is 27.3. The number of benzene rings is 2. The molecule has 0 aromatic heterocycles. The van der Waals surface area contributed by atoms with Crippen molar-refractivity contribution in [1.29, 1.82) is 0 Å². The van der Waals surface area contributed by atoms with Crippen LogP contribution in [0.1, 0.15) is 46.9 Å². The minimum absolute atomic E-state index is 0.0609. The van der Waals surface area contributed by atoms with Crippen LogP contribution in [0.25, 0.3) is 0 Å². The zero-order valence-electron chi connectivity index (χ0n) is 15.3. The van der Waals surface area contributed by atoms with Crippen molar-refractivity contribution < 1.29 is 18.0 Å². The third-order valence-electron chi connectivity index (χ3n) is 5.29. The van der Waals surface area contributed by atoms with Crippen molar-refractivity contribution in [2.75, 3.05) is 11.4 Å². The normalized spacial score (nSPS) is 17.9. The first-order valence-corrected chi connectivity index (χ1v) is 11.4. The average Bonchev–Trinajstić information content (AvgIpc) is 2.82. The molecular weight excluding hydrogens is 444 g/mol. The number of hydrogen-bond acceptors (Lipinski definition) is 4. The van der Waals surface area contributed by atoms with Crippen molar-refractivity contribution in [1.82, 2.24) is 4.31 Å². The molecule has 1 fully saturated rings. The van der Waals surface area contributed by atoms with Crippen molar-refractivity contribution in [2.45, 2.75) is 37.1 Å². The molecule has 0 saturated heterocycles. The monoisotopic (exact) mass is 462 g/mol. The summed E-state index contributed by atoms with van der Waals surface area (Å²) >= 11 is 3.44. The zero-order chi connectivity index (χ0) is 20.1. The SMILES string of the molecule is CCN1C(=O)c2ccc(C(=O)N(c3cccc(Br)c3)C3CCC3)cc2S1(=O)=O. The first kappa shape index (κ1) is 19.1. The van der Waals surface area contributed by atoms with Gasteiger partial charge >= 0.3 is 0 Å². The number of carbonyl (C=O) groups is 2. The van der Waals surface area contributed by atoms with Crippen LogP contribution in [0.4, 0.5) is 5.69 Å². The van der Waals surface area contributed by atoms with Crippen LogP contribution in [0.2, 0.25) is 0 Å². The number of anilines is 1. The van der Waals surface area contributed by atoms with Gasteiger partial charge in [0.05, 0.1) is 5.56 Å². The van der Waals surface area contributed by atoms with Gasteiger partial charge < -0.3 is 4.90 Å². The third-order valence-corrected chi connectivity index (χ3v) is 7.68. The second-order valence-corrected chi connectivity index (χ2v) is 9.67. The summed E-state index contributed by atoms with van der Waals surface area (Å²) < 4.78 is 27.0. The highest BCUT2D eigenvalue weighted by atomic mass is 79.9. The number of fused-ring (bicyclic) bond motifs is 1. The van der Waals surface area contributed by atoms with Crippen molar-refractivity contribution in [3.63, 3.8) is 0 Å². The van der Waals surface area contributed by atoms with E-state index in [1.54, 1.807) is 11.8 Å². The molecule has 0 unspecified atom stereocenters. The van der Waals surface area contributed by atoms with Crippen molar-refractivity contribution >= 4 is 43.5 Å². The highest BCUT2D eigenvalue weighted by molar-refractivity contribution is 9.10. The molecule has 6 nitrogen and oxygen atoms in total. The Balaban J connectivity index is 1.77. The number of amides is 2. The van der Waals surface area contributed by atoms with Crippen molar-refractivity contribution in [3.8, 4) is 0 Å². The van der Waals surface area contributed by atoms with Gasteiger partial charge in [0.2, 0.25) is 0 Å². The Morgan fingerprint density at radius 2 is 1.96 bits per heavy atom. The van der Waals surface area contributed by atoms with E-state index in [0.717, 1.165) is 33.7 Å². The molecule has 2 aliphatic rings. The number of nitrogens with zero attached hydrogens (tertiary/aromatic N) is 2. The molecule has 2 amide bonds. The predicted molar refractivity (Wildman–Crippen MR) is 109 cm³/mol. The van der Waals surface area contributed by atoms with Gasteiger partial charge in [0.1, 0.15) is 4.90 Å². The van der Waals surface area contributed by atoms with Gasteiger partial charge in [0, 0.05) is 28.3 Å². The smallest absolute Gasteiger partial charge is 0.268 e. The van der Waals surface area contributed by atoms with E-state index < -0.39 is 15.9 Å². The summed E-state index contributed by atoms with van der Waals surface area (Å²) in [5, 5.41) is 0. The molecule has 1 saturated carbocycles. The molecule has 0 bridgehead atoms. The van der Waals surface area contributed by atoms with Gasteiger partial charge in [-0.05, 0) is 62.6 Å². The summed E-state index contributed by atoms with van der Waals surface area (Å²) in [5.41, 5.74) is 1.15. The first-order chi connectivity index (χ1) is 13.3. The van der Waals surface area contributed by atoms with E-state index in [4.69, 9.17) is 0 Å². The fraction of sp³-hybridized carbons (Fsp3) is 0.300. The summed E-state index contributed by atoms with van der Waals surface area (Å²) in [5.74, 6) is -0.803. The molecule has 0 atom stereocenters. The maximum atomic E-state index is 13.4. The van der Waals surface area contributed by atoms with Crippen LogP contribution in [-0.2, 0) is 10.0 Å². The Labute approximate surface area is 172 Å². The molecule has 1 aliphatic carbocycles. The summed E-state index contributed by atoms with van der Waals surface area (Å²) in [6, 6.07) is 11.9. The topological polar surface area (TPSA) is 74.8 Å². The van der Waals surface area contributed by atoms with E-state index >= 15 is 0 Å². The fourth-order valence-electron chi connectivity index (χ4n) is 3.63. The molecule has 8 heteroatoms. The van der Waals surface area contributed by atoms with E-state index in [1.165, 1.54) is 18.2 Å². The lowest BCUT2D eigenvalue weighted by molar-refractivity contribution is 0.0874. The van der Waals surface area contributed by atoms with Crippen molar-refractivity contribution in [2.24, 2.45) is 0 Å². The molecule has 146 valence electrons. The Kier molecular flexibility index (Phi) is 4.79. The Morgan fingerprint density at radius 3 is 2.57 bits per heavy atom. The molecule has 1 heterocycles. The van der Waals surface area contributed by atoms with Gasteiger partial charge in [-0.15, -0.1) is 0 Å². The lowest BCUT2D eigenvalue weighted by Crippen LogP contribution is -2.44. The number of rotatable bonds is 4. The van der Waals surface area contributed by atoms with Crippen LogP contribution in [0.5, 0.6) is 0 Å². The van der Waals surface area contributed by atoms with Gasteiger partial charge in [0.25, 0.3) is 21.8 Å². The minimum Gasteiger partial charge on any atom is -0.305 e. The molecule has 0 radical (unpaired) electrons. The number of sulfonamides is 1. The van der Waals surface area contributed by atoms with Crippen LogP contribution in [0.3, 0.4) is 0 Å². The molecule has 2 aromatic carbocycles. The third kappa shape index (κ3) is 2.95. The molecule has 0 spiro atoms. The second kappa shape index (κ2) is 7.00. The Bertz CT molecular complexity index is 1080. The van der Waals surface area contributed by atoms with Gasteiger partial charge in [-0.1, -0.05) is 22.0 Å². The number of halogens is 1. The first-order valence-electron chi connectivity index (χ1n) is 9.15. The van der Waals surface area contributed by atoms with Crippen molar-refractivity contribution in [3.05, 3.63) is 58.1 Å². The molecule has 2 aromatic rings. The van der Waals surface area contributed by atoms with Crippen LogP contribution >= 0.6 is 15.9 Å². The largest absolute Gasteiger partial charge is 0.305 e. The standard InChI is InChI=1S/C20H19BrN2O4S/c1-2-22-20(25)17-10-9-13(11-18(17)28(22,26)27)19(24)23(15-6-4-7-15)16-8-3-5-14(21)12-16/h3,5,8-12,15H,2,4,6-7H2,1H3. The van der Waals surface area contributed by atoms with Gasteiger partial charge in [-0.2, -0.15) is 0 Å². The molecular formula is C20H19BrN2O4S. The van der Waals surface area contributed by atoms with Crippen LogP contribution in [-0.4, -0.2) is 37.1 Å². The molecule has 4 rings (SSSR count). The van der Waals surface area contributed by atoms with Gasteiger partial charge in [-0.25, -0.2) is 12.7 Å². The quantitative estimate of drug-likeness (QED) is 0.691. The zero-order valence-corrected chi connectivity index (χ0v) is 17.7. The average molecular weight is 463 g/mol. The lowest BCUT2D eigenvalue weighted by Gasteiger charge is -2.37. The van der Waals surface area contributed by atoms with Gasteiger partial charge in [-0.3, -0.25) is 9.59 Å². The predicted octanol–water partition coefficient (Wildman–Crippen LogP) is 3.81. The Morgan fingerprint density at radius 1 is 1.21 bits per heavy atom. The number of carbonyl (C=O) groups excluding carboxylic acids is 2. The van der Waals surface area contributed by atoms with E-state index in [0.29, 0.717) is 0 Å². The highest BCUT2D eigenvalue weighted by Crippen LogP contribution is 2.35. The number of hydrogen-bond donors (Lipinski definition) is 0. The lowest BCUT2D eigenvalue weighted by atomic mass is 9.90. The molecule has 1 aliphatic heterocycles. The van der Waals surface area contributed by atoms with Crippen LogP contribution in [0.15, 0.2) is 51.8 Å². The Hall–Kier alpha value is -2.19. The molecule has 0 N–H and O–H groups in total. The summed E-state index contributed by atoms with van der Waals surface area (Å²) in [7, 11) is -3.90. The minimum atomic E-state index is -3.90. The van der Waals surface area contributed by atoms with Crippen LogP contribution < -0.4 is 4.90 Å². The summed E-state index contributed by atoms with van der Waals surface area (Å²) in [6.45, 7) is 1.67. The molecule has 28 heavy (non-hydrogen) atoms. The maximum Gasteiger partial charge on any atom is 0.268 e. The van der Waals surface area contributed by atoms with E-state index in [9.17, 15) is 18.0 Å². The van der Waals surface area contributed by atoms with E-state index in [1.807, 2.05) is 24.3 Å². The second-order valence-electron chi connectivity index (χ2n) is 6.93. The van der Waals surface area contributed by atoms with Gasteiger partial charge in [0.15, 0.2) is 0 Å². The summed E-state index contributed by atoms with van der Waals surface area (Å²) in [6.07, 6.45) is 2.87. The van der Waals surface area contributed by atoms with E-state index in [-0.39, 0.29) is 34.5 Å². The van der Waals surface area contributed by atoms with E-state index in [2.05, 4.69) is 15.9 Å².